The number of aliphatic hydroxyl groups is 1. The summed E-state index contributed by atoms with van der Waals surface area (Å²) in [5, 5.41) is 26.6. The fourth-order valence-corrected chi connectivity index (χ4v) is 2.51. The van der Waals surface area contributed by atoms with Gasteiger partial charge in [-0.15, -0.1) is 0 Å². The second kappa shape index (κ2) is 10.0. The van der Waals surface area contributed by atoms with Crippen molar-refractivity contribution in [1.82, 2.24) is 15.1 Å². The second-order valence-corrected chi connectivity index (χ2v) is 6.11. The molecule has 3 aromatic rings. The van der Waals surface area contributed by atoms with Crippen molar-refractivity contribution in [2.75, 3.05) is 18.5 Å². The number of hydrogen-bond donors (Lipinski definition) is 3. The molecule has 0 spiro atoms. The molecule has 0 aliphatic heterocycles. The van der Waals surface area contributed by atoms with Crippen molar-refractivity contribution >= 4 is 22.9 Å². The van der Waals surface area contributed by atoms with E-state index < -0.39 is 10.7 Å². The Bertz CT molecular complexity index is 1120. The Morgan fingerprint density at radius 2 is 2.19 bits per heavy atom. The van der Waals surface area contributed by atoms with Crippen LogP contribution in [0.15, 0.2) is 58.4 Å². The fourth-order valence-electron chi connectivity index (χ4n) is 2.51. The number of aliphatic hydroxyl groups excluding tert-OH is 1. The van der Waals surface area contributed by atoms with E-state index in [2.05, 4.69) is 25.4 Å². The standard InChI is InChI=1S/C19H18FN7O4/c20-13-4-2-1-3-12(13)10-23-16(15-5-8-31-26-15)9-14(21)18-24-11-17(27(29)30)19(25-18)22-6-7-28/h1-5,8-9,11,28H,6-7,10,21H2,(H,22,24,25). The first-order chi connectivity index (χ1) is 15.0. The minimum Gasteiger partial charge on any atom is -0.396 e. The lowest BCUT2D eigenvalue weighted by Crippen LogP contribution is -2.13. The van der Waals surface area contributed by atoms with Gasteiger partial charge in [0, 0.05) is 18.2 Å². The summed E-state index contributed by atoms with van der Waals surface area (Å²) in [6.07, 6.45) is 3.77. The van der Waals surface area contributed by atoms with Gasteiger partial charge in [0.1, 0.15) is 24.0 Å². The van der Waals surface area contributed by atoms with Crippen LogP contribution in [0.1, 0.15) is 17.1 Å². The van der Waals surface area contributed by atoms with Crippen LogP contribution in [-0.2, 0) is 6.54 Å². The maximum atomic E-state index is 13.9. The molecule has 0 saturated heterocycles. The van der Waals surface area contributed by atoms with Crippen LogP contribution < -0.4 is 11.1 Å². The number of nitrogens with one attached hydrogen (secondary N) is 1. The van der Waals surface area contributed by atoms with Crippen molar-refractivity contribution in [3.63, 3.8) is 0 Å². The molecule has 4 N–H and O–H groups in total. The maximum Gasteiger partial charge on any atom is 0.329 e. The highest BCUT2D eigenvalue weighted by molar-refractivity contribution is 6.10. The van der Waals surface area contributed by atoms with E-state index in [0.717, 1.165) is 6.20 Å². The third kappa shape index (κ3) is 5.45. The minimum absolute atomic E-state index is 0.00636. The smallest absolute Gasteiger partial charge is 0.329 e. The quantitative estimate of drug-likeness (QED) is 0.263. The summed E-state index contributed by atoms with van der Waals surface area (Å²) in [7, 11) is 0. The van der Waals surface area contributed by atoms with E-state index in [1.807, 2.05) is 0 Å². The Labute approximate surface area is 175 Å². The molecule has 12 heteroatoms. The molecule has 0 amide bonds. The Hall–Kier alpha value is -4.19. The number of benzene rings is 1. The molecule has 0 radical (unpaired) electrons. The third-order valence-electron chi connectivity index (χ3n) is 4.00. The van der Waals surface area contributed by atoms with Crippen molar-refractivity contribution in [1.29, 1.82) is 0 Å². The molecule has 0 aliphatic rings. The Kier molecular flexibility index (Phi) is 6.96. The van der Waals surface area contributed by atoms with Gasteiger partial charge in [-0.1, -0.05) is 23.4 Å². The molecule has 0 atom stereocenters. The predicted octanol–water partition coefficient (Wildman–Crippen LogP) is 1.91. The average Bonchev–Trinajstić information content (AvgIpc) is 3.30. The summed E-state index contributed by atoms with van der Waals surface area (Å²) in [5.41, 5.74) is 6.77. The number of nitro groups is 1. The molecule has 160 valence electrons. The van der Waals surface area contributed by atoms with Crippen molar-refractivity contribution in [3.8, 4) is 0 Å². The lowest BCUT2D eigenvalue weighted by atomic mass is 10.2. The van der Waals surface area contributed by atoms with E-state index in [1.165, 1.54) is 18.4 Å². The molecule has 0 saturated carbocycles. The summed E-state index contributed by atoms with van der Waals surface area (Å²) in [6, 6.07) is 7.75. The molecule has 0 unspecified atom stereocenters. The lowest BCUT2D eigenvalue weighted by molar-refractivity contribution is -0.384. The highest BCUT2D eigenvalue weighted by Crippen LogP contribution is 2.22. The molecule has 1 aromatic carbocycles. The highest BCUT2D eigenvalue weighted by Gasteiger charge is 2.18. The van der Waals surface area contributed by atoms with Crippen LogP contribution in [-0.4, -0.2) is 44.0 Å². The first-order valence-corrected chi connectivity index (χ1v) is 9.02. The number of anilines is 1. The van der Waals surface area contributed by atoms with E-state index in [1.54, 1.807) is 24.3 Å². The minimum atomic E-state index is -0.653. The van der Waals surface area contributed by atoms with Gasteiger partial charge in [-0.2, -0.15) is 0 Å². The molecular formula is C19H18FN7O4. The van der Waals surface area contributed by atoms with Crippen LogP contribution >= 0.6 is 0 Å². The SMILES string of the molecule is NC(=CC(=NCc1ccccc1F)c1ccon1)c1ncc([N+](=O)[O-])c(NCCO)n1. The average molecular weight is 427 g/mol. The van der Waals surface area contributed by atoms with E-state index in [-0.39, 0.29) is 48.4 Å². The number of hydrogen-bond acceptors (Lipinski definition) is 10. The van der Waals surface area contributed by atoms with Crippen LogP contribution in [0, 0.1) is 15.9 Å². The summed E-state index contributed by atoms with van der Waals surface area (Å²) in [4.78, 5) is 22.9. The Balaban J connectivity index is 1.96. The number of nitrogens with two attached hydrogens (primary N) is 1. The third-order valence-corrected chi connectivity index (χ3v) is 4.00. The molecule has 0 bridgehead atoms. The molecule has 31 heavy (non-hydrogen) atoms. The first kappa shape index (κ1) is 21.5. The van der Waals surface area contributed by atoms with Gasteiger partial charge in [0.15, 0.2) is 5.82 Å². The number of aliphatic imine (C=N–C) groups is 1. The lowest BCUT2D eigenvalue weighted by Gasteiger charge is -2.07. The zero-order valence-corrected chi connectivity index (χ0v) is 16.1. The first-order valence-electron chi connectivity index (χ1n) is 9.02. The molecule has 0 fully saturated rings. The number of rotatable bonds is 9. The largest absolute Gasteiger partial charge is 0.396 e. The summed E-state index contributed by atoms with van der Waals surface area (Å²) < 4.78 is 18.8. The number of nitrogens with zero attached hydrogens (tertiary/aromatic N) is 5. The van der Waals surface area contributed by atoms with Crippen LogP contribution in [0.4, 0.5) is 15.9 Å². The van der Waals surface area contributed by atoms with Crippen molar-refractivity contribution in [2.45, 2.75) is 6.54 Å². The van der Waals surface area contributed by atoms with Gasteiger partial charge in [0.2, 0.25) is 5.82 Å². The second-order valence-electron chi connectivity index (χ2n) is 6.11. The van der Waals surface area contributed by atoms with Crippen LogP contribution in [0.25, 0.3) is 5.70 Å². The topological polar surface area (TPSA) is 166 Å². The number of allylic oxidation sites excluding steroid dienone is 1. The van der Waals surface area contributed by atoms with E-state index >= 15 is 0 Å². The van der Waals surface area contributed by atoms with E-state index in [4.69, 9.17) is 15.4 Å². The van der Waals surface area contributed by atoms with Gasteiger partial charge < -0.3 is 20.7 Å². The zero-order chi connectivity index (χ0) is 22.2. The van der Waals surface area contributed by atoms with E-state index in [9.17, 15) is 14.5 Å². The molecule has 2 heterocycles. The normalized spacial score (nSPS) is 12.1. The monoisotopic (exact) mass is 427 g/mol. The Morgan fingerprint density at radius 3 is 2.87 bits per heavy atom. The molecule has 3 rings (SSSR count). The van der Waals surface area contributed by atoms with Crippen molar-refractivity contribution < 1.29 is 18.9 Å². The summed E-state index contributed by atoms with van der Waals surface area (Å²) in [6.45, 7) is -0.181. The highest BCUT2D eigenvalue weighted by atomic mass is 19.1. The maximum absolute atomic E-state index is 13.9. The molecule has 2 aromatic heterocycles. The van der Waals surface area contributed by atoms with E-state index in [0.29, 0.717) is 11.3 Å². The number of aromatic nitrogens is 3. The van der Waals surface area contributed by atoms with Gasteiger partial charge in [-0.05, 0) is 12.1 Å². The number of halogens is 1. The van der Waals surface area contributed by atoms with Crippen LogP contribution in [0.2, 0.25) is 0 Å². The van der Waals surface area contributed by atoms with Crippen LogP contribution in [0.5, 0.6) is 0 Å². The Morgan fingerprint density at radius 1 is 1.39 bits per heavy atom. The molecule has 0 aliphatic carbocycles. The van der Waals surface area contributed by atoms with Gasteiger partial charge in [-0.25, -0.2) is 14.4 Å². The van der Waals surface area contributed by atoms with Gasteiger partial charge in [0.25, 0.3) is 0 Å². The molecular weight excluding hydrogens is 409 g/mol. The predicted molar refractivity (Wildman–Crippen MR) is 110 cm³/mol. The summed E-state index contributed by atoms with van der Waals surface area (Å²) >= 11 is 0. The fraction of sp³-hybridized carbons (Fsp3) is 0.158. The zero-order valence-electron chi connectivity index (χ0n) is 16.1. The molecule has 11 nitrogen and oxygen atoms in total. The summed E-state index contributed by atoms with van der Waals surface area (Å²) in [5.74, 6) is -0.499. The van der Waals surface area contributed by atoms with Gasteiger partial charge in [-0.3, -0.25) is 15.1 Å². The van der Waals surface area contributed by atoms with Gasteiger partial charge >= 0.3 is 5.69 Å². The van der Waals surface area contributed by atoms with Gasteiger partial charge in [0.05, 0.1) is 29.5 Å². The van der Waals surface area contributed by atoms with Crippen molar-refractivity contribution in [3.05, 3.63) is 81.9 Å². The van der Waals surface area contributed by atoms with Crippen molar-refractivity contribution in [2.24, 2.45) is 10.7 Å². The van der Waals surface area contributed by atoms with Crippen LogP contribution in [0.3, 0.4) is 0 Å².